The zero-order valence-electron chi connectivity index (χ0n) is 19.8. The summed E-state index contributed by atoms with van der Waals surface area (Å²) in [5, 5.41) is 5.75. The van der Waals surface area contributed by atoms with E-state index in [0.717, 1.165) is 71.5 Å². The lowest BCUT2D eigenvalue weighted by molar-refractivity contribution is -0.119. The zero-order valence-corrected chi connectivity index (χ0v) is 19.8. The van der Waals surface area contributed by atoms with Gasteiger partial charge in [0.2, 0.25) is 5.91 Å². The van der Waals surface area contributed by atoms with Crippen LogP contribution in [0.2, 0.25) is 0 Å². The number of nitrogens with two attached hydrogens (primary N) is 2. The fourth-order valence-corrected chi connectivity index (χ4v) is 5.08. The number of amides is 1. The number of imidazole rings is 1. The van der Waals surface area contributed by atoms with Crippen LogP contribution in [0.5, 0.6) is 0 Å². The van der Waals surface area contributed by atoms with E-state index >= 15 is 0 Å². The number of rotatable bonds is 6. The number of anilines is 1. The average Bonchev–Trinajstić information content (AvgIpc) is 3.46. The van der Waals surface area contributed by atoms with E-state index < -0.39 is 0 Å². The number of carbonyl (C=O) groups excluding carboxylic acids is 1. The standard InChI is InChI=1S/C26H27N9O/c27-21(36)14-34-10-8-18(9-11-34)35-26-23(25(28)29-15-30-26)24(33-35)17-6-7-19-20(13-17)32-22(31-19)12-16-4-2-1-3-5-16/h1-7,13,15,18H,8-12,14H2,(H2,27,36)(H,31,32)(H2,28,29,30). The summed E-state index contributed by atoms with van der Waals surface area (Å²) >= 11 is 0. The second-order valence-corrected chi connectivity index (χ2v) is 9.30. The van der Waals surface area contributed by atoms with Crippen molar-refractivity contribution in [3.05, 3.63) is 66.2 Å². The number of H-pyrrole nitrogens is 1. The summed E-state index contributed by atoms with van der Waals surface area (Å²) < 4.78 is 1.97. The third-order valence-electron chi connectivity index (χ3n) is 6.82. The summed E-state index contributed by atoms with van der Waals surface area (Å²) in [7, 11) is 0. The van der Waals surface area contributed by atoms with Crippen molar-refractivity contribution in [3.63, 3.8) is 0 Å². The topological polar surface area (TPSA) is 145 Å². The Kier molecular flexibility index (Phi) is 5.57. The molecule has 5 N–H and O–H groups in total. The fourth-order valence-electron chi connectivity index (χ4n) is 5.08. The molecule has 1 aliphatic rings. The van der Waals surface area contributed by atoms with E-state index in [1.807, 2.05) is 35.0 Å². The lowest BCUT2D eigenvalue weighted by Gasteiger charge is -2.31. The minimum atomic E-state index is -0.304. The number of benzene rings is 2. The molecule has 10 heteroatoms. The van der Waals surface area contributed by atoms with Gasteiger partial charge < -0.3 is 16.5 Å². The van der Waals surface area contributed by atoms with Crippen molar-refractivity contribution in [3.8, 4) is 11.3 Å². The third-order valence-corrected chi connectivity index (χ3v) is 6.82. The van der Waals surface area contributed by atoms with Gasteiger partial charge in [-0.2, -0.15) is 5.10 Å². The van der Waals surface area contributed by atoms with Gasteiger partial charge in [-0.15, -0.1) is 0 Å². The second kappa shape index (κ2) is 9.04. The van der Waals surface area contributed by atoms with E-state index in [2.05, 4.69) is 38.1 Å². The van der Waals surface area contributed by atoms with E-state index in [1.165, 1.54) is 11.9 Å². The first-order valence-corrected chi connectivity index (χ1v) is 12.1. The van der Waals surface area contributed by atoms with Crippen LogP contribution in [0, 0.1) is 0 Å². The van der Waals surface area contributed by atoms with Crippen LogP contribution in [-0.4, -0.2) is 60.2 Å². The molecule has 6 rings (SSSR count). The molecule has 4 heterocycles. The lowest BCUT2D eigenvalue weighted by Crippen LogP contribution is -2.40. The van der Waals surface area contributed by atoms with Gasteiger partial charge in [0.15, 0.2) is 5.65 Å². The van der Waals surface area contributed by atoms with E-state index in [4.69, 9.17) is 21.5 Å². The Labute approximate surface area is 207 Å². The summed E-state index contributed by atoms with van der Waals surface area (Å²) in [6.45, 7) is 1.83. The number of carbonyl (C=O) groups is 1. The maximum Gasteiger partial charge on any atom is 0.231 e. The first-order chi connectivity index (χ1) is 17.5. The van der Waals surface area contributed by atoms with Crippen molar-refractivity contribution in [1.29, 1.82) is 0 Å². The number of hydrogen-bond acceptors (Lipinski definition) is 7. The Morgan fingerprint density at radius 3 is 2.67 bits per heavy atom. The normalized spacial score (nSPS) is 15.1. The molecule has 0 unspecified atom stereocenters. The molecule has 36 heavy (non-hydrogen) atoms. The molecule has 0 atom stereocenters. The van der Waals surface area contributed by atoms with Crippen molar-refractivity contribution in [1.82, 2.24) is 34.6 Å². The Morgan fingerprint density at radius 2 is 1.89 bits per heavy atom. The van der Waals surface area contributed by atoms with Crippen LogP contribution in [0.1, 0.15) is 30.3 Å². The highest BCUT2D eigenvalue weighted by Gasteiger charge is 2.26. The minimum absolute atomic E-state index is 0.146. The molecule has 10 nitrogen and oxygen atoms in total. The molecular formula is C26H27N9O. The fraction of sp³-hybridized carbons (Fsp3) is 0.269. The zero-order chi connectivity index (χ0) is 24.6. The highest BCUT2D eigenvalue weighted by molar-refractivity contribution is 5.99. The predicted octanol–water partition coefficient (Wildman–Crippen LogP) is 2.66. The number of nitrogens with one attached hydrogen (secondary N) is 1. The number of nitrogens with zero attached hydrogens (tertiary/aromatic N) is 6. The van der Waals surface area contributed by atoms with Gasteiger partial charge in [0.1, 0.15) is 23.7 Å². The van der Waals surface area contributed by atoms with E-state index in [1.54, 1.807) is 0 Å². The van der Waals surface area contributed by atoms with Crippen molar-refractivity contribution >= 4 is 33.8 Å². The van der Waals surface area contributed by atoms with E-state index in [0.29, 0.717) is 5.82 Å². The Balaban J connectivity index is 1.35. The van der Waals surface area contributed by atoms with Gasteiger partial charge in [-0.25, -0.2) is 19.6 Å². The number of fused-ring (bicyclic) bond motifs is 2. The minimum Gasteiger partial charge on any atom is -0.383 e. The van der Waals surface area contributed by atoms with Gasteiger partial charge in [-0.1, -0.05) is 36.4 Å². The number of piperidine rings is 1. The summed E-state index contributed by atoms with van der Waals surface area (Å²) in [5.41, 5.74) is 17.2. The van der Waals surface area contributed by atoms with Crippen LogP contribution >= 0.6 is 0 Å². The molecule has 5 aromatic rings. The molecule has 0 bridgehead atoms. The molecule has 1 fully saturated rings. The number of hydrogen-bond donors (Lipinski definition) is 3. The first kappa shape index (κ1) is 22.2. The van der Waals surface area contributed by atoms with Crippen LogP contribution in [0.4, 0.5) is 5.82 Å². The maximum absolute atomic E-state index is 11.3. The molecule has 2 aromatic carbocycles. The number of likely N-dealkylation sites (tertiary alicyclic amines) is 1. The Bertz CT molecular complexity index is 1550. The van der Waals surface area contributed by atoms with E-state index in [-0.39, 0.29) is 18.5 Å². The Morgan fingerprint density at radius 1 is 1.08 bits per heavy atom. The number of nitrogen functional groups attached to an aromatic ring is 1. The predicted molar refractivity (Wildman–Crippen MR) is 138 cm³/mol. The molecule has 0 spiro atoms. The molecule has 3 aromatic heterocycles. The SMILES string of the molecule is NC(=O)CN1CCC(n2nc(-c3ccc4nc(Cc5ccccc5)[nH]c4c3)c3c(N)ncnc32)CC1. The van der Waals surface area contributed by atoms with Crippen LogP contribution < -0.4 is 11.5 Å². The molecular weight excluding hydrogens is 454 g/mol. The number of aromatic nitrogens is 6. The second-order valence-electron chi connectivity index (χ2n) is 9.30. The summed E-state index contributed by atoms with van der Waals surface area (Å²) in [6, 6.07) is 16.5. The summed E-state index contributed by atoms with van der Waals surface area (Å²) in [6.07, 6.45) is 3.90. The van der Waals surface area contributed by atoms with Crippen LogP contribution in [0.3, 0.4) is 0 Å². The van der Waals surface area contributed by atoms with Gasteiger partial charge in [-0.3, -0.25) is 9.69 Å². The van der Waals surface area contributed by atoms with Crippen LogP contribution in [0.25, 0.3) is 33.3 Å². The van der Waals surface area contributed by atoms with E-state index in [9.17, 15) is 4.79 Å². The molecule has 1 saturated heterocycles. The lowest BCUT2D eigenvalue weighted by atomic mass is 10.1. The van der Waals surface area contributed by atoms with Gasteiger partial charge in [0.25, 0.3) is 0 Å². The highest BCUT2D eigenvalue weighted by Crippen LogP contribution is 2.35. The molecule has 1 aliphatic heterocycles. The molecule has 1 amide bonds. The number of aromatic amines is 1. The van der Waals surface area contributed by atoms with Gasteiger partial charge in [-0.05, 0) is 30.5 Å². The Hall–Kier alpha value is -4.31. The average molecular weight is 482 g/mol. The van der Waals surface area contributed by atoms with Crippen molar-refractivity contribution in [2.24, 2.45) is 5.73 Å². The summed E-state index contributed by atoms with van der Waals surface area (Å²) in [5.74, 6) is 1.01. The molecule has 0 radical (unpaired) electrons. The largest absolute Gasteiger partial charge is 0.383 e. The highest BCUT2D eigenvalue weighted by atomic mass is 16.1. The quantitative estimate of drug-likeness (QED) is 0.338. The first-order valence-electron chi connectivity index (χ1n) is 12.1. The number of primary amides is 1. The monoisotopic (exact) mass is 481 g/mol. The molecule has 182 valence electrons. The van der Waals surface area contributed by atoms with Crippen molar-refractivity contribution in [2.75, 3.05) is 25.4 Å². The maximum atomic E-state index is 11.3. The molecule has 0 aliphatic carbocycles. The van der Waals surface area contributed by atoms with Gasteiger partial charge >= 0.3 is 0 Å². The van der Waals surface area contributed by atoms with Crippen molar-refractivity contribution < 1.29 is 4.79 Å². The van der Waals surface area contributed by atoms with Crippen molar-refractivity contribution in [2.45, 2.75) is 25.3 Å². The van der Waals surface area contributed by atoms with Crippen LogP contribution in [0.15, 0.2) is 54.9 Å². The third kappa shape index (κ3) is 4.16. The smallest absolute Gasteiger partial charge is 0.231 e. The van der Waals surface area contributed by atoms with Crippen LogP contribution in [-0.2, 0) is 11.2 Å². The van der Waals surface area contributed by atoms with Gasteiger partial charge in [0.05, 0.1) is 29.0 Å². The molecule has 0 saturated carbocycles. The summed E-state index contributed by atoms with van der Waals surface area (Å²) in [4.78, 5) is 30.4. The van der Waals surface area contributed by atoms with Gasteiger partial charge in [0, 0.05) is 25.1 Å².